The Kier molecular flexibility index (Phi) is 4.25. The van der Waals surface area contributed by atoms with E-state index in [1.807, 2.05) is 24.3 Å². The quantitative estimate of drug-likeness (QED) is 0.743. The summed E-state index contributed by atoms with van der Waals surface area (Å²) in [6.45, 7) is 0. The second kappa shape index (κ2) is 6.77. The van der Waals surface area contributed by atoms with Crippen molar-refractivity contribution in [1.82, 2.24) is 24.7 Å². The second-order valence-corrected chi connectivity index (χ2v) is 8.24. The normalized spacial score (nSPS) is 26.4. The molecule has 3 unspecified atom stereocenters. The summed E-state index contributed by atoms with van der Waals surface area (Å²) in [4.78, 5) is 2.58. The van der Waals surface area contributed by atoms with Crippen molar-refractivity contribution in [2.75, 3.05) is 12.4 Å². The van der Waals surface area contributed by atoms with Crippen molar-refractivity contribution in [2.45, 2.75) is 43.8 Å². The molecule has 27 heavy (non-hydrogen) atoms. The average molecular weight is 383 g/mol. The van der Waals surface area contributed by atoms with Gasteiger partial charge in [-0.2, -0.15) is 4.52 Å². The van der Waals surface area contributed by atoms with Gasteiger partial charge in [-0.15, -0.1) is 15.3 Å². The molecule has 1 aromatic carbocycles. The van der Waals surface area contributed by atoms with E-state index in [2.05, 4.69) is 44.7 Å². The lowest BCUT2D eigenvalue weighted by molar-refractivity contribution is 0.124. The third kappa shape index (κ3) is 3.17. The van der Waals surface area contributed by atoms with Crippen LogP contribution >= 0.6 is 11.6 Å². The Morgan fingerprint density at radius 1 is 1.07 bits per heavy atom. The first-order valence-electron chi connectivity index (χ1n) is 9.58. The molecule has 4 heterocycles. The number of hydrogen-bond acceptors (Lipinski definition) is 5. The smallest absolute Gasteiger partial charge is 0.177 e. The van der Waals surface area contributed by atoms with E-state index in [0.717, 1.165) is 16.5 Å². The van der Waals surface area contributed by atoms with Crippen molar-refractivity contribution in [1.29, 1.82) is 0 Å². The van der Waals surface area contributed by atoms with Gasteiger partial charge in [-0.25, -0.2) is 0 Å². The molecule has 1 N–H and O–H groups in total. The molecule has 3 atom stereocenters. The fraction of sp³-hybridized carbons (Fsp3) is 0.450. The lowest BCUT2D eigenvalue weighted by Gasteiger charge is -2.40. The zero-order chi connectivity index (χ0) is 18.4. The van der Waals surface area contributed by atoms with E-state index in [1.165, 1.54) is 31.2 Å². The minimum Gasteiger partial charge on any atom is -0.362 e. The molecule has 0 aliphatic carbocycles. The first-order valence-corrected chi connectivity index (χ1v) is 9.96. The van der Waals surface area contributed by atoms with Crippen molar-refractivity contribution < 1.29 is 0 Å². The summed E-state index contributed by atoms with van der Waals surface area (Å²) in [5.74, 6) is 1.41. The van der Waals surface area contributed by atoms with Crippen molar-refractivity contribution in [3.8, 4) is 0 Å². The first kappa shape index (κ1) is 17.0. The lowest BCUT2D eigenvalue weighted by Crippen LogP contribution is -2.42. The molecule has 0 spiro atoms. The molecule has 6 nitrogen and oxygen atoms in total. The Bertz CT molecular complexity index is 925. The summed E-state index contributed by atoms with van der Waals surface area (Å²) in [6, 6.07) is 13.8. The summed E-state index contributed by atoms with van der Waals surface area (Å²) in [5.41, 5.74) is 2.01. The summed E-state index contributed by atoms with van der Waals surface area (Å²) in [5, 5.41) is 17.0. The Hall–Kier alpha value is -2.18. The fourth-order valence-electron chi connectivity index (χ4n) is 4.83. The molecule has 0 saturated carbocycles. The summed E-state index contributed by atoms with van der Waals surface area (Å²) < 4.78 is 1.71. The van der Waals surface area contributed by atoms with Gasteiger partial charge in [0, 0.05) is 17.1 Å². The molecule has 7 heteroatoms. The van der Waals surface area contributed by atoms with Crippen LogP contribution < -0.4 is 5.32 Å². The molecule has 2 saturated heterocycles. The molecular formula is C20H23ClN6. The van der Waals surface area contributed by atoms with Crippen molar-refractivity contribution in [2.24, 2.45) is 5.92 Å². The molecule has 2 bridgehead atoms. The third-order valence-electron chi connectivity index (χ3n) is 6.30. The number of fused-ring (bicyclic) bond motifs is 3. The van der Waals surface area contributed by atoms with Crippen LogP contribution in [0.1, 0.15) is 37.3 Å². The van der Waals surface area contributed by atoms with Crippen LogP contribution in [0.2, 0.25) is 5.02 Å². The number of benzene rings is 1. The maximum Gasteiger partial charge on any atom is 0.177 e. The predicted molar refractivity (Wildman–Crippen MR) is 106 cm³/mol. The summed E-state index contributed by atoms with van der Waals surface area (Å²) in [6.07, 6.45) is 6.68. The van der Waals surface area contributed by atoms with Gasteiger partial charge in [0.05, 0.1) is 6.04 Å². The van der Waals surface area contributed by atoms with E-state index in [0.29, 0.717) is 18.0 Å². The van der Waals surface area contributed by atoms with E-state index >= 15 is 0 Å². The Labute approximate surface area is 163 Å². The highest BCUT2D eigenvalue weighted by Crippen LogP contribution is 2.43. The maximum atomic E-state index is 6.13. The van der Waals surface area contributed by atoms with Crippen LogP contribution in [0.15, 0.2) is 42.7 Å². The summed E-state index contributed by atoms with van der Waals surface area (Å²) >= 11 is 6.13. The largest absolute Gasteiger partial charge is 0.362 e. The van der Waals surface area contributed by atoms with Gasteiger partial charge < -0.3 is 10.2 Å². The Balaban J connectivity index is 1.47. The number of nitrogens with one attached hydrogen (secondary N) is 1. The number of rotatable bonds is 4. The molecule has 0 amide bonds. The molecule has 2 aromatic heterocycles. The van der Waals surface area contributed by atoms with Crippen LogP contribution in [0.25, 0.3) is 5.65 Å². The molecule has 5 rings (SSSR count). The zero-order valence-corrected chi connectivity index (χ0v) is 16.0. The monoisotopic (exact) mass is 382 g/mol. The van der Waals surface area contributed by atoms with Gasteiger partial charge in [0.25, 0.3) is 0 Å². The van der Waals surface area contributed by atoms with Crippen LogP contribution in [0.5, 0.6) is 0 Å². The van der Waals surface area contributed by atoms with E-state index in [4.69, 9.17) is 11.6 Å². The number of nitrogens with zero attached hydrogens (tertiary/aromatic N) is 5. The van der Waals surface area contributed by atoms with Crippen molar-refractivity contribution in [3.05, 3.63) is 53.3 Å². The van der Waals surface area contributed by atoms with Gasteiger partial charge in [-0.05, 0) is 68.5 Å². The number of hydrogen-bond donors (Lipinski definition) is 1. The van der Waals surface area contributed by atoms with Crippen LogP contribution in [0.3, 0.4) is 0 Å². The van der Waals surface area contributed by atoms with Crippen molar-refractivity contribution >= 4 is 23.1 Å². The highest BCUT2D eigenvalue weighted by Gasteiger charge is 2.41. The molecular weight excluding hydrogens is 360 g/mol. The Morgan fingerprint density at radius 2 is 1.81 bits per heavy atom. The molecule has 0 radical (unpaired) electrons. The van der Waals surface area contributed by atoms with Gasteiger partial charge in [-0.3, -0.25) is 0 Å². The molecule has 2 fully saturated rings. The minimum absolute atomic E-state index is 0.209. The van der Waals surface area contributed by atoms with Gasteiger partial charge in [-0.1, -0.05) is 23.7 Å². The van der Waals surface area contributed by atoms with Crippen LogP contribution in [-0.4, -0.2) is 43.8 Å². The van der Waals surface area contributed by atoms with Gasteiger partial charge in [0.2, 0.25) is 0 Å². The van der Waals surface area contributed by atoms with Crippen LogP contribution in [0.4, 0.5) is 5.82 Å². The SMILES string of the molecule is CN1C2CCC1CC(C(Nc1ccc3nncn3n1)c1ccc(Cl)cc1)C2. The molecule has 2 aliphatic heterocycles. The molecule has 140 valence electrons. The topological polar surface area (TPSA) is 58.3 Å². The van der Waals surface area contributed by atoms with E-state index in [9.17, 15) is 0 Å². The first-order chi connectivity index (χ1) is 13.2. The minimum atomic E-state index is 0.209. The van der Waals surface area contributed by atoms with Crippen LogP contribution in [-0.2, 0) is 0 Å². The number of halogens is 1. The highest BCUT2D eigenvalue weighted by molar-refractivity contribution is 6.30. The van der Waals surface area contributed by atoms with Gasteiger partial charge in [0.15, 0.2) is 5.65 Å². The summed E-state index contributed by atoms with van der Waals surface area (Å²) in [7, 11) is 2.28. The second-order valence-electron chi connectivity index (χ2n) is 7.81. The van der Waals surface area contributed by atoms with Gasteiger partial charge in [0.1, 0.15) is 12.1 Å². The van der Waals surface area contributed by atoms with Crippen LogP contribution in [0, 0.1) is 5.92 Å². The van der Waals surface area contributed by atoms with E-state index in [1.54, 1.807) is 10.8 Å². The molecule has 2 aliphatic rings. The number of aromatic nitrogens is 4. The standard InChI is InChI=1S/C20H23ClN6/c1-26-16-6-7-17(26)11-14(10-16)20(13-2-4-15(21)5-3-13)23-18-8-9-19-24-22-12-27(19)25-18/h2-5,8-9,12,14,16-17,20H,6-7,10-11H2,1H3,(H,23,25). The lowest BCUT2D eigenvalue weighted by atomic mass is 9.82. The number of piperidine rings is 1. The predicted octanol–water partition coefficient (Wildman–Crippen LogP) is 3.80. The Morgan fingerprint density at radius 3 is 2.56 bits per heavy atom. The fourth-order valence-corrected chi connectivity index (χ4v) is 4.96. The highest BCUT2D eigenvalue weighted by atomic mass is 35.5. The van der Waals surface area contributed by atoms with Gasteiger partial charge >= 0.3 is 0 Å². The van der Waals surface area contributed by atoms with E-state index < -0.39 is 0 Å². The number of anilines is 1. The maximum absolute atomic E-state index is 6.13. The third-order valence-corrected chi connectivity index (χ3v) is 6.55. The average Bonchev–Trinajstić information content (AvgIpc) is 3.20. The molecule has 3 aromatic rings. The van der Waals surface area contributed by atoms with E-state index in [-0.39, 0.29) is 6.04 Å². The van der Waals surface area contributed by atoms with Crippen molar-refractivity contribution in [3.63, 3.8) is 0 Å². The zero-order valence-electron chi connectivity index (χ0n) is 15.3.